The van der Waals surface area contributed by atoms with Crippen molar-refractivity contribution in [3.8, 4) is 0 Å². The normalized spacial score (nSPS) is 22.5. The van der Waals surface area contributed by atoms with Gasteiger partial charge in [-0.15, -0.1) is 11.8 Å². The molecule has 3 rings (SSSR count). The first kappa shape index (κ1) is 14.0. The Bertz CT molecular complexity index is 572. The zero-order chi connectivity index (χ0) is 13.9. The average Bonchev–Trinajstić information content (AvgIpc) is 3.28. The molecular weight excluding hydrogens is 286 g/mol. The summed E-state index contributed by atoms with van der Waals surface area (Å²) in [6.45, 7) is 0. The molecule has 1 nitrogen and oxygen atoms in total. The van der Waals surface area contributed by atoms with E-state index in [0.29, 0.717) is 11.8 Å². The molecule has 2 aromatic rings. The second-order valence-corrected chi connectivity index (χ2v) is 6.79. The first-order chi connectivity index (χ1) is 9.75. The molecule has 0 amide bonds. The number of hydrogen-bond acceptors (Lipinski definition) is 2. The molecule has 3 unspecified atom stereocenters. The molecule has 20 heavy (non-hydrogen) atoms. The predicted molar refractivity (Wildman–Crippen MR) is 87.4 cm³/mol. The molecule has 0 spiro atoms. The maximum atomic E-state index is 6.34. The summed E-state index contributed by atoms with van der Waals surface area (Å²) in [6.07, 6.45) is 1.22. The van der Waals surface area contributed by atoms with Crippen molar-refractivity contribution < 1.29 is 0 Å². The van der Waals surface area contributed by atoms with Gasteiger partial charge in [-0.25, -0.2) is 0 Å². The summed E-state index contributed by atoms with van der Waals surface area (Å²) in [5, 5.41) is 0.820. The quantitative estimate of drug-likeness (QED) is 0.819. The number of benzene rings is 2. The second kappa shape index (κ2) is 6.21. The topological polar surface area (TPSA) is 26.0 Å². The third kappa shape index (κ3) is 3.20. The molecule has 0 saturated heterocycles. The Morgan fingerprint density at radius 2 is 1.80 bits per heavy atom. The van der Waals surface area contributed by atoms with Gasteiger partial charge in [-0.05, 0) is 36.0 Å². The SMILES string of the molecule is NC(CSc1ccccc1Cl)C1CC1c1ccccc1. The maximum absolute atomic E-state index is 6.34. The summed E-state index contributed by atoms with van der Waals surface area (Å²) in [5.41, 5.74) is 7.77. The van der Waals surface area contributed by atoms with Gasteiger partial charge in [0.15, 0.2) is 0 Å². The molecule has 1 saturated carbocycles. The van der Waals surface area contributed by atoms with Gasteiger partial charge < -0.3 is 5.73 Å². The number of halogens is 1. The molecule has 0 aromatic heterocycles. The monoisotopic (exact) mass is 303 g/mol. The van der Waals surface area contributed by atoms with Crippen LogP contribution in [-0.4, -0.2) is 11.8 Å². The molecule has 1 aliphatic rings. The molecule has 0 radical (unpaired) electrons. The van der Waals surface area contributed by atoms with Gasteiger partial charge in [0.2, 0.25) is 0 Å². The minimum atomic E-state index is 0.237. The van der Waals surface area contributed by atoms with E-state index in [1.807, 2.05) is 18.2 Å². The van der Waals surface area contributed by atoms with E-state index < -0.39 is 0 Å². The van der Waals surface area contributed by atoms with Crippen molar-refractivity contribution in [2.24, 2.45) is 11.7 Å². The van der Waals surface area contributed by atoms with Crippen molar-refractivity contribution in [2.45, 2.75) is 23.3 Å². The van der Waals surface area contributed by atoms with E-state index in [4.69, 9.17) is 17.3 Å². The lowest BCUT2D eigenvalue weighted by Crippen LogP contribution is -2.26. The second-order valence-electron chi connectivity index (χ2n) is 5.32. The van der Waals surface area contributed by atoms with Gasteiger partial charge in [0.1, 0.15) is 0 Å². The van der Waals surface area contributed by atoms with E-state index in [1.165, 1.54) is 12.0 Å². The highest BCUT2D eigenvalue weighted by Gasteiger charge is 2.42. The lowest BCUT2D eigenvalue weighted by Gasteiger charge is -2.12. The number of hydrogen-bond donors (Lipinski definition) is 1. The zero-order valence-corrected chi connectivity index (χ0v) is 12.8. The summed E-state index contributed by atoms with van der Waals surface area (Å²) in [6, 6.07) is 18.9. The molecule has 104 valence electrons. The number of nitrogens with two attached hydrogens (primary N) is 1. The Morgan fingerprint density at radius 3 is 2.55 bits per heavy atom. The Labute approximate surface area is 129 Å². The molecule has 0 heterocycles. The molecule has 0 aliphatic heterocycles. The molecule has 2 N–H and O–H groups in total. The molecule has 3 heteroatoms. The van der Waals surface area contributed by atoms with E-state index in [1.54, 1.807) is 11.8 Å². The van der Waals surface area contributed by atoms with Gasteiger partial charge >= 0.3 is 0 Å². The fourth-order valence-electron chi connectivity index (χ4n) is 2.64. The minimum Gasteiger partial charge on any atom is -0.327 e. The van der Waals surface area contributed by atoms with Crippen LogP contribution in [0.5, 0.6) is 0 Å². The standard InChI is InChI=1S/C17H18ClNS/c18-15-8-4-5-9-17(15)20-11-16(19)14-10-13(14)12-6-2-1-3-7-12/h1-9,13-14,16H,10-11,19H2. The zero-order valence-electron chi connectivity index (χ0n) is 11.2. The fraction of sp³-hybridized carbons (Fsp3) is 0.294. The Balaban J connectivity index is 1.54. The van der Waals surface area contributed by atoms with Crippen molar-refractivity contribution in [3.05, 3.63) is 65.2 Å². The third-order valence-electron chi connectivity index (χ3n) is 3.89. The largest absolute Gasteiger partial charge is 0.327 e. The van der Waals surface area contributed by atoms with Gasteiger partial charge in [0.05, 0.1) is 5.02 Å². The fourth-order valence-corrected chi connectivity index (χ4v) is 3.94. The van der Waals surface area contributed by atoms with Crippen LogP contribution >= 0.6 is 23.4 Å². The molecule has 1 fully saturated rings. The van der Waals surface area contributed by atoms with Crippen LogP contribution in [0.15, 0.2) is 59.5 Å². The van der Waals surface area contributed by atoms with E-state index in [0.717, 1.165) is 15.7 Å². The molecule has 1 aliphatic carbocycles. The third-order valence-corrected chi connectivity index (χ3v) is 5.55. The molecule has 2 aromatic carbocycles. The van der Waals surface area contributed by atoms with Crippen LogP contribution in [0.2, 0.25) is 5.02 Å². The minimum absolute atomic E-state index is 0.237. The Hall–Kier alpha value is -0.960. The van der Waals surface area contributed by atoms with Crippen LogP contribution in [0.3, 0.4) is 0 Å². The van der Waals surface area contributed by atoms with Gasteiger partial charge in [-0.1, -0.05) is 54.1 Å². The summed E-state index contributed by atoms with van der Waals surface area (Å²) < 4.78 is 0. The van der Waals surface area contributed by atoms with Crippen molar-refractivity contribution >= 4 is 23.4 Å². The highest BCUT2D eigenvalue weighted by atomic mass is 35.5. The molecule has 0 bridgehead atoms. The van der Waals surface area contributed by atoms with Crippen molar-refractivity contribution in [3.63, 3.8) is 0 Å². The summed E-state index contributed by atoms with van der Waals surface area (Å²) in [4.78, 5) is 1.13. The lowest BCUT2D eigenvalue weighted by atomic mass is 10.1. The van der Waals surface area contributed by atoms with Crippen LogP contribution in [0.4, 0.5) is 0 Å². The van der Waals surface area contributed by atoms with Gasteiger partial charge in [-0.2, -0.15) is 0 Å². The number of rotatable bonds is 5. The van der Waals surface area contributed by atoms with E-state index in [9.17, 15) is 0 Å². The van der Waals surface area contributed by atoms with Crippen LogP contribution in [0, 0.1) is 5.92 Å². The average molecular weight is 304 g/mol. The van der Waals surface area contributed by atoms with E-state index in [-0.39, 0.29) is 6.04 Å². The van der Waals surface area contributed by atoms with Gasteiger partial charge in [0.25, 0.3) is 0 Å². The maximum Gasteiger partial charge on any atom is 0.0541 e. The van der Waals surface area contributed by atoms with Crippen molar-refractivity contribution in [1.82, 2.24) is 0 Å². The van der Waals surface area contributed by atoms with Crippen LogP contribution in [-0.2, 0) is 0 Å². The van der Waals surface area contributed by atoms with Crippen LogP contribution in [0.1, 0.15) is 17.9 Å². The summed E-state index contributed by atoms with van der Waals surface area (Å²) >= 11 is 7.93. The first-order valence-corrected chi connectivity index (χ1v) is 8.30. The highest BCUT2D eigenvalue weighted by Crippen LogP contribution is 2.49. The van der Waals surface area contributed by atoms with Gasteiger partial charge in [-0.3, -0.25) is 0 Å². The summed E-state index contributed by atoms with van der Waals surface area (Å²) in [5.74, 6) is 2.20. The highest BCUT2D eigenvalue weighted by molar-refractivity contribution is 7.99. The Morgan fingerprint density at radius 1 is 1.10 bits per heavy atom. The Kier molecular flexibility index (Phi) is 4.35. The van der Waals surface area contributed by atoms with Crippen LogP contribution < -0.4 is 5.73 Å². The van der Waals surface area contributed by atoms with E-state index in [2.05, 4.69) is 36.4 Å². The van der Waals surface area contributed by atoms with E-state index >= 15 is 0 Å². The van der Waals surface area contributed by atoms with Crippen molar-refractivity contribution in [2.75, 3.05) is 5.75 Å². The number of thioether (sulfide) groups is 1. The van der Waals surface area contributed by atoms with Crippen LogP contribution in [0.25, 0.3) is 0 Å². The summed E-state index contributed by atoms with van der Waals surface area (Å²) in [7, 11) is 0. The smallest absolute Gasteiger partial charge is 0.0541 e. The van der Waals surface area contributed by atoms with Gasteiger partial charge in [0, 0.05) is 16.7 Å². The predicted octanol–water partition coefficient (Wildman–Crippen LogP) is 4.56. The first-order valence-electron chi connectivity index (χ1n) is 6.93. The molecular formula is C17H18ClNS. The van der Waals surface area contributed by atoms with Crippen molar-refractivity contribution in [1.29, 1.82) is 0 Å². The molecule has 3 atom stereocenters. The lowest BCUT2D eigenvalue weighted by molar-refractivity contribution is 0.640.